The number of H-pyrrole nitrogens is 1. The van der Waals surface area contributed by atoms with Crippen molar-refractivity contribution in [1.82, 2.24) is 20.6 Å². The lowest BCUT2D eigenvalue weighted by Gasteiger charge is -2.22. The lowest BCUT2D eigenvalue weighted by molar-refractivity contribution is -0.121. The highest BCUT2D eigenvalue weighted by atomic mass is 19.1. The van der Waals surface area contributed by atoms with Gasteiger partial charge in [0.15, 0.2) is 0 Å². The van der Waals surface area contributed by atoms with Crippen LogP contribution in [0.15, 0.2) is 85.2 Å². The van der Waals surface area contributed by atoms with E-state index in [0.717, 1.165) is 22.5 Å². The summed E-state index contributed by atoms with van der Waals surface area (Å²) in [5.41, 5.74) is 10.8. The van der Waals surface area contributed by atoms with Crippen molar-refractivity contribution >= 4 is 28.4 Å². The summed E-state index contributed by atoms with van der Waals surface area (Å²) in [7, 11) is 1.55. The number of amides is 2. The number of pyridine rings is 1. The first-order valence-electron chi connectivity index (χ1n) is 12.7. The molecule has 0 aliphatic heterocycles. The molecule has 2 aromatic heterocycles. The first-order chi connectivity index (χ1) is 19.3. The summed E-state index contributed by atoms with van der Waals surface area (Å²) in [5, 5.41) is 6.47. The normalized spacial score (nSPS) is 11.8. The molecule has 0 aliphatic rings. The van der Waals surface area contributed by atoms with Crippen LogP contribution in [-0.4, -0.2) is 28.8 Å². The monoisotopic (exact) mass is 539 g/mol. The molecule has 2 heterocycles. The highest BCUT2D eigenvalue weighted by Crippen LogP contribution is 2.30. The molecule has 0 saturated carbocycles. The number of aromatic nitrogens is 2. The van der Waals surface area contributed by atoms with Crippen LogP contribution >= 0.6 is 0 Å². The van der Waals surface area contributed by atoms with Crippen LogP contribution in [0.25, 0.3) is 22.0 Å². The number of benzene rings is 3. The molecule has 1 atom stereocenters. The van der Waals surface area contributed by atoms with Crippen LogP contribution in [0, 0.1) is 11.6 Å². The van der Waals surface area contributed by atoms with Crippen molar-refractivity contribution in [2.24, 2.45) is 0 Å². The predicted octanol–water partition coefficient (Wildman–Crippen LogP) is 5.09. The van der Waals surface area contributed by atoms with E-state index in [0.29, 0.717) is 33.6 Å². The number of fused-ring (bicyclic) bond motifs is 1. The fourth-order valence-corrected chi connectivity index (χ4v) is 4.85. The average molecular weight is 540 g/mol. The van der Waals surface area contributed by atoms with Crippen LogP contribution in [0.1, 0.15) is 33.2 Å². The van der Waals surface area contributed by atoms with Crippen molar-refractivity contribution in [2.75, 3.05) is 12.8 Å². The van der Waals surface area contributed by atoms with E-state index in [1.54, 1.807) is 55.8 Å². The van der Waals surface area contributed by atoms with Gasteiger partial charge in [0.1, 0.15) is 11.6 Å². The molecule has 202 valence electrons. The fourth-order valence-electron chi connectivity index (χ4n) is 4.85. The Balaban J connectivity index is 1.51. The molecule has 0 radical (unpaired) electrons. The molecule has 5 aromatic rings. The Hall–Kier alpha value is -5.05. The van der Waals surface area contributed by atoms with Gasteiger partial charge >= 0.3 is 0 Å². The van der Waals surface area contributed by atoms with Gasteiger partial charge in [0, 0.05) is 53.2 Å². The van der Waals surface area contributed by atoms with Crippen molar-refractivity contribution in [1.29, 1.82) is 0 Å². The highest BCUT2D eigenvalue weighted by molar-refractivity contribution is 5.95. The average Bonchev–Trinajstić information content (AvgIpc) is 3.33. The van der Waals surface area contributed by atoms with E-state index in [9.17, 15) is 18.4 Å². The maximum absolute atomic E-state index is 14.1. The third-order valence-corrected chi connectivity index (χ3v) is 6.67. The zero-order chi connectivity index (χ0) is 28.2. The Morgan fingerprint density at radius 1 is 1.00 bits per heavy atom. The third-order valence-electron chi connectivity index (χ3n) is 6.67. The van der Waals surface area contributed by atoms with Crippen LogP contribution in [0.3, 0.4) is 0 Å². The number of carbonyl (C=O) groups is 2. The number of nitrogens with one attached hydrogen (secondary N) is 3. The molecule has 5 rings (SSSR count). The first kappa shape index (κ1) is 26.6. The van der Waals surface area contributed by atoms with Gasteiger partial charge in [-0.25, -0.2) is 8.78 Å². The zero-order valence-electron chi connectivity index (χ0n) is 21.7. The van der Waals surface area contributed by atoms with Gasteiger partial charge in [-0.1, -0.05) is 18.2 Å². The summed E-state index contributed by atoms with van der Waals surface area (Å²) in [5.74, 6) is -1.97. The van der Waals surface area contributed by atoms with Gasteiger partial charge in [-0.3, -0.25) is 14.6 Å². The predicted molar refractivity (Wildman–Crippen MR) is 150 cm³/mol. The van der Waals surface area contributed by atoms with Crippen molar-refractivity contribution in [3.05, 3.63) is 119 Å². The molecule has 7 nitrogen and oxygen atoms in total. The molecule has 0 unspecified atom stereocenters. The molecule has 0 saturated heterocycles. The lowest BCUT2D eigenvalue weighted by atomic mass is 9.94. The van der Waals surface area contributed by atoms with E-state index in [-0.39, 0.29) is 24.7 Å². The Bertz CT molecular complexity index is 1700. The van der Waals surface area contributed by atoms with Crippen molar-refractivity contribution in [2.45, 2.75) is 18.9 Å². The summed E-state index contributed by atoms with van der Waals surface area (Å²) in [6, 6.07) is 18.6. The fraction of sp³-hybridized carbons (Fsp3) is 0.129. The molecule has 3 aromatic carbocycles. The quantitative estimate of drug-likeness (QED) is 0.206. The molecule has 0 aliphatic carbocycles. The summed E-state index contributed by atoms with van der Waals surface area (Å²) in [6.07, 6.45) is 3.48. The van der Waals surface area contributed by atoms with Gasteiger partial charge in [-0.15, -0.1) is 0 Å². The second-order valence-electron chi connectivity index (χ2n) is 9.49. The SMILES string of the molecule is CNC(=O)c1cccc(-c2cccnc2[C@H](Cc2cc(F)cc(F)c2)NC(=O)Cc2c[nH]c3ccc(N)cc23)c1. The number of aromatic amines is 1. The number of carbonyl (C=O) groups excluding carboxylic acids is 2. The van der Waals surface area contributed by atoms with Gasteiger partial charge in [0.05, 0.1) is 18.2 Å². The van der Waals surface area contributed by atoms with Crippen LogP contribution in [-0.2, 0) is 17.6 Å². The minimum atomic E-state index is -0.733. The summed E-state index contributed by atoms with van der Waals surface area (Å²) >= 11 is 0. The zero-order valence-corrected chi connectivity index (χ0v) is 21.7. The second kappa shape index (κ2) is 11.4. The number of hydrogen-bond acceptors (Lipinski definition) is 4. The summed E-state index contributed by atoms with van der Waals surface area (Å²) in [6.45, 7) is 0. The smallest absolute Gasteiger partial charge is 0.251 e. The minimum absolute atomic E-state index is 0.0474. The Labute approximate surface area is 229 Å². The largest absolute Gasteiger partial charge is 0.399 e. The second-order valence-corrected chi connectivity index (χ2v) is 9.49. The molecule has 0 spiro atoms. The first-order valence-corrected chi connectivity index (χ1v) is 12.7. The summed E-state index contributed by atoms with van der Waals surface area (Å²) < 4.78 is 28.2. The molecule has 0 bridgehead atoms. The van der Waals surface area contributed by atoms with Crippen LogP contribution < -0.4 is 16.4 Å². The maximum Gasteiger partial charge on any atom is 0.251 e. The van der Waals surface area contributed by atoms with Crippen molar-refractivity contribution in [3.8, 4) is 11.1 Å². The molecular formula is C31H27F2N5O2. The number of anilines is 1. The maximum atomic E-state index is 14.1. The van der Waals surface area contributed by atoms with Crippen LogP contribution in [0.2, 0.25) is 0 Å². The van der Waals surface area contributed by atoms with Crippen LogP contribution in [0.4, 0.5) is 14.5 Å². The van der Waals surface area contributed by atoms with E-state index >= 15 is 0 Å². The minimum Gasteiger partial charge on any atom is -0.399 e. The molecule has 0 fully saturated rings. The van der Waals surface area contributed by atoms with Gasteiger partial charge in [-0.2, -0.15) is 0 Å². The topological polar surface area (TPSA) is 113 Å². The Kier molecular flexibility index (Phi) is 7.54. The number of nitrogens with zero attached hydrogens (tertiary/aromatic N) is 1. The van der Waals surface area contributed by atoms with Gasteiger partial charge in [0.2, 0.25) is 5.91 Å². The van der Waals surface area contributed by atoms with Crippen LogP contribution in [0.5, 0.6) is 0 Å². The highest BCUT2D eigenvalue weighted by Gasteiger charge is 2.22. The third kappa shape index (κ3) is 5.83. The van der Waals surface area contributed by atoms with E-state index < -0.39 is 17.7 Å². The van der Waals surface area contributed by atoms with E-state index in [1.165, 1.54) is 12.1 Å². The number of nitrogens with two attached hydrogens (primary N) is 1. The van der Waals surface area contributed by atoms with Gasteiger partial charge in [-0.05, 0) is 71.6 Å². The van der Waals surface area contributed by atoms with E-state index in [1.807, 2.05) is 18.2 Å². The molecule has 9 heteroatoms. The molecule has 40 heavy (non-hydrogen) atoms. The standard InChI is InChI=1S/C31H27F2N5O2/c1-35-31(40)20-5-2-4-19(13-20)25-6-3-9-36-30(25)28(12-18-10-22(32)15-23(33)11-18)38-29(39)14-21-17-37-27-8-7-24(34)16-26(21)27/h2-11,13,15-17,28,37H,12,14,34H2,1H3,(H,35,40)(H,38,39)/t28-/m0/s1. The van der Waals surface area contributed by atoms with E-state index in [4.69, 9.17) is 5.73 Å². The van der Waals surface area contributed by atoms with E-state index in [2.05, 4.69) is 20.6 Å². The number of rotatable bonds is 8. The number of nitrogen functional groups attached to an aromatic ring is 1. The lowest BCUT2D eigenvalue weighted by Crippen LogP contribution is -2.32. The molecule has 2 amide bonds. The Morgan fingerprint density at radius 3 is 2.58 bits per heavy atom. The Morgan fingerprint density at radius 2 is 1.80 bits per heavy atom. The number of hydrogen-bond donors (Lipinski definition) is 4. The van der Waals surface area contributed by atoms with Crippen molar-refractivity contribution < 1.29 is 18.4 Å². The van der Waals surface area contributed by atoms with Gasteiger partial charge < -0.3 is 21.4 Å². The molecular weight excluding hydrogens is 512 g/mol. The van der Waals surface area contributed by atoms with Gasteiger partial charge in [0.25, 0.3) is 5.91 Å². The number of halogens is 2. The van der Waals surface area contributed by atoms with Crippen molar-refractivity contribution in [3.63, 3.8) is 0 Å². The summed E-state index contributed by atoms with van der Waals surface area (Å²) in [4.78, 5) is 33.4. The molecule has 5 N–H and O–H groups in total.